The molecule has 7 heteroatoms. The number of aromatic nitrogens is 4. The molecule has 2 heterocycles. The van der Waals surface area contributed by atoms with E-state index in [0.29, 0.717) is 28.0 Å². The highest BCUT2D eigenvalue weighted by Gasteiger charge is 2.19. The molecule has 0 saturated heterocycles. The van der Waals surface area contributed by atoms with E-state index in [2.05, 4.69) is 22.3 Å². The van der Waals surface area contributed by atoms with Gasteiger partial charge in [0.2, 0.25) is 5.91 Å². The molecule has 0 bridgehead atoms. The topological polar surface area (TPSA) is 81.8 Å². The molecule has 1 atom stereocenters. The number of amides is 1. The zero-order valence-electron chi connectivity index (χ0n) is 17.5. The van der Waals surface area contributed by atoms with E-state index >= 15 is 0 Å². The Morgan fingerprint density at radius 1 is 1.10 bits per heavy atom. The summed E-state index contributed by atoms with van der Waals surface area (Å²) in [5, 5.41) is 7.38. The molecule has 0 unspecified atom stereocenters. The Hall–Kier alpha value is -4.18. The molecule has 0 spiro atoms. The van der Waals surface area contributed by atoms with Gasteiger partial charge in [-0.3, -0.25) is 18.8 Å². The minimum absolute atomic E-state index is 0.197. The van der Waals surface area contributed by atoms with Gasteiger partial charge in [0.15, 0.2) is 0 Å². The van der Waals surface area contributed by atoms with Gasteiger partial charge < -0.3 is 5.32 Å². The number of para-hydroxylation sites is 1. The highest BCUT2D eigenvalue weighted by Crippen LogP contribution is 2.20. The number of carbonyl (C=O) groups is 1. The van der Waals surface area contributed by atoms with E-state index in [1.165, 1.54) is 11.5 Å². The lowest BCUT2D eigenvalue weighted by molar-refractivity contribution is -0.119. The SMILES string of the molecule is CC(=O)N[C@@H](C)c1nc2cccc(C#Cc3cnn(C)c3)c2c(=O)n1-c1ccccc1. The monoisotopic (exact) mass is 411 g/mol. The van der Waals surface area contributed by atoms with Crippen molar-refractivity contribution in [3.05, 3.63) is 88.2 Å². The number of nitrogens with zero attached hydrogens (tertiary/aromatic N) is 4. The predicted molar refractivity (Wildman–Crippen MR) is 119 cm³/mol. The Kier molecular flexibility index (Phi) is 5.37. The zero-order chi connectivity index (χ0) is 22.0. The van der Waals surface area contributed by atoms with Gasteiger partial charge in [0.25, 0.3) is 5.56 Å². The standard InChI is InChI=1S/C24H21N5O2/c1-16(26-17(2)30)23-27-21-11-7-8-19(13-12-18-14-25-28(3)15-18)22(21)24(31)29(23)20-9-5-4-6-10-20/h4-11,14-16H,1-3H3,(H,26,30)/t16-/m0/s1. The summed E-state index contributed by atoms with van der Waals surface area (Å²) >= 11 is 0. The smallest absolute Gasteiger partial charge is 0.267 e. The van der Waals surface area contributed by atoms with E-state index in [0.717, 1.165) is 5.56 Å². The maximum atomic E-state index is 13.7. The van der Waals surface area contributed by atoms with Crippen molar-refractivity contribution in [3.63, 3.8) is 0 Å². The molecule has 0 saturated carbocycles. The van der Waals surface area contributed by atoms with Gasteiger partial charge in [-0.15, -0.1) is 0 Å². The van der Waals surface area contributed by atoms with Crippen LogP contribution in [0.25, 0.3) is 16.6 Å². The number of aryl methyl sites for hydroxylation is 1. The van der Waals surface area contributed by atoms with E-state index < -0.39 is 6.04 Å². The minimum Gasteiger partial charge on any atom is -0.347 e. The molecule has 1 N–H and O–H groups in total. The highest BCUT2D eigenvalue weighted by atomic mass is 16.1. The third-order valence-electron chi connectivity index (χ3n) is 4.79. The fourth-order valence-corrected chi connectivity index (χ4v) is 3.46. The summed E-state index contributed by atoms with van der Waals surface area (Å²) in [4.78, 5) is 30.1. The second kappa shape index (κ2) is 8.28. The average Bonchev–Trinajstić information content (AvgIpc) is 3.17. The number of nitrogens with one attached hydrogen (secondary N) is 1. The summed E-state index contributed by atoms with van der Waals surface area (Å²) < 4.78 is 3.21. The molecule has 0 aliphatic heterocycles. The number of carbonyl (C=O) groups excluding carboxylic acids is 1. The first-order chi connectivity index (χ1) is 14.9. The van der Waals surface area contributed by atoms with Crippen LogP contribution in [-0.2, 0) is 11.8 Å². The molecule has 2 aromatic heterocycles. The summed E-state index contributed by atoms with van der Waals surface area (Å²) in [5.74, 6) is 6.41. The second-order valence-electron chi connectivity index (χ2n) is 7.22. The fourth-order valence-electron chi connectivity index (χ4n) is 3.46. The average molecular weight is 411 g/mol. The van der Waals surface area contributed by atoms with Crippen molar-refractivity contribution >= 4 is 16.8 Å². The lowest BCUT2D eigenvalue weighted by Gasteiger charge is -2.19. The quantitative estimate of drug-likeness (QED) is 0.526. The lowest BCUT2D eigenvalue weighted by Crippen LogP contribution is -2.32. The lowest BCUT2D eigenvalue weighted by atomic mass is 10.1. The number of hydrogen-bond acceptors (Lipinski definition) is 4. The van der Waals surface area contributed by atoms with E-state index in [-0.39, 0.29) is 11.5 Å². The second-order valence-corrected chi connectivity index (χ2v) is 7.22. The summed E-state index contributed by atoms with van der Waals surface area (Å²) in [6, 6.07) is 14.2. The third kappa shape index (κ3) is 4.09. The fraction of sp³-hybridized carbons (Fsp3) is 0.167. The largest absolute Gasteiger partial charge is 0.347 e. The molecule has 4 rings (SSSR count). The van der Waals surface area contributed by atoms with Crippen LogP contribution in [0.15, 0.2) is 65.7 Å². The Bertz CT molecular complexity index is 1390. The molecule has 0 aliphatic carbocycles. The number of benzene rings is 2. The minimum atomic E-state index is -0.458. The van der Waals surface area contributed by atoms with Crippen LogP contribution in [0.5, 0.6) is 0 Å². The van der Waals surface area contributed by atoms with Crippen molar-refractivity contribution in [2.45, 2.75) is 19.9 Å². The van der Waals surface area contributed by atoms with Crippen molar-refractivity contribution in [2.75, 3.05) is 0 Å². The molecule has 7 nitrogen and oxygen atoms in total. The van der Waals surface area contributed by atoms with E-state index in [1.54, 1.807) is 29.9 Å². The molecule has 0 fully saturated rings. The molecule has 1 amide bonds. The van der Waals surface area contributed by atoms with Crippen molar-refractivity contribution in [1.29, 1.82) is 0 Å². The van der Waals surface area contributed by atoms with Crippen molar-refractivity contribution in [3.8, 4) is 17.5 Å². The Morgan fingerprint density at radius 2 is 1.87 bits per heavy atom. The van der Waals surface area contributed by atoms with Crippen LogP contribution in [0, 0.1) is 11.8 Å². The molecule has 0 aliphatic rings. The van der Waals surface area contributed by atoms with Crippen LogP contribution < -0.4 is 10.9 Å². The van der Waals surface area contributed by atoms with Crippen LogP contribution in [0.1, 0.15) is 36.8 Å². The molecular weight excluding hydrogens is 390 g/mol. The summed E-state index contributed by atoms with van der Waals surface area (Å²) in [5.41, 5.74) is 2.31. The van der Waals surface area contributed by atoms with Crippen LogP contribution >= 0.6 is 0 Å². The first kappa shape index (κ1) is 20.1. The summed E-state index contributed by atoms with van der Waals surface area (Å²) in [6.07, 6.45) is 3.48. The van der Waals surface area contributed by atoms with Crippen LogP contribution in [0.2, 0.25) is 0 Å². The first-order valence-electron chi connectivity index (χ1n) is 9.83. The highest BCUT2D eigenvalue weighted by molar-refractivity contribution is 5.85. The van der Waals surface area contributed by atoms with E-state index in [1.807, 2.05) is 49.6 Å². The summed E-state index contributed by atoms with van der Waals surface area (Å²) in [6.45, 7) is 3.25. The van der Waals surface area contributed by atoms with Crippen molar-refractivity contribution in [2.24, 2.45) is 7.05 Å². The Morgan fingerprint density at radius 3 is 2.55 bits per heavy atom. The van der Waals surface area contributed by atoms with Gasteiger partial charge in [-0.25, -0.2) is 4.98 Å². The molecule has 31 heavy (non-hydrogen) atoms. The van der Waals surface area contributed by atoms with Gasteiger partial charge in [0.05, 0.1) is 34.4 Å². The Labute approximate surface area is 179 Å². The van der Waals surface area contributed by atoms with Gasteiger partial charge in [0, 0.05) is 25.7 Å². The van der Waals surface area contributed by atoms with Gasteiger partial charge in [0.1, 0.15) is 5.82 Å². The van der Waals surface area contributed by atoms with E-state index in [4.69, 9.17) is 4.98 Å². The van der Waals surface area contributed by atoms with E-state index in [9.17, 15) is 9.59 Å². The van der Waals surface area contributed by atoms with Gasteiger partial charge in [-0.2, -0.15) is 5.10 Å². The molecule has 154 valence electrons. The van der Waals surface area contributed by atoms with Gasteiger partial charge >= 0.3 is 0 Å². The van der Waals surface area contributed by atoms with Crippen LogP contribution in [0.3, 0.4) is 0 Å². The van der Waals surface area contributed by atoms with Gasteiger partial charge in [-0.05, 0) is 31.2 Å². The number of hydrogen-bond donors (Lipinski definition) is 1. The maximum Gasteiger partial charge on any atom is 0.267 e. The third-order valence-corrected chi connectivity index (χ3v) is 4.79. The maximum absolute atomic E-state index is 13.7. The molecule has 2 aromatic carbocycles. The van der Waals surface area contributed by atoms with Crippen molar-refractivity contribution < 1.29 is 4.79 Å². The molecular formula is C24H21N5O2. The van der Waals surface area contributed by atoms with Crippen LogP contribution in [0.4, 0.5) is 0 Å². The first-order valence-corrected chi connectivity index (χ1v) is 9.83. The zero-order valence-corrected chi connectivity index (χ0v) is 17.5. The number of rotatable bonds is 3. The predicted octanol–water partition coefficient (Wildman–Crippen LogP) is 2.72. The van der Waals surface area contributed by atoms with Crippen molar-refractivity contribution in [1.82, 2.24) is 24.6 Å². The van der Waals surface area contributed by atoms with Crippen LogP contribution in [-0.4, -0.2) is 25.2 Å². The molecule has 4 aromatic rings. The Balaban J connectivity index is 1.98. The summed E-state index contributed by atoms with van der Waals surface area (Å²) in [7, 11) is 1.82. The molecule has 0 radical (unpaired) electrons. The van der Waals surface area contributed by atoms with Gasteiger partial charge in [-0.1, -0.05) is 36.1 Å². The normalized spacial score (nSPS) is 11.6. The number of fused-ring (bicyclic) bond motifs is 1.